The molecule has 75 valence electrons. The summed E-state index contributed by atoms with van der Waals surface area (Å²) in [7, 11) is -4.26. The first-order chi connectivity index (χ1) is 6.31. The summed E-state index contributed by atoms with van der Waals surface area (Å²) < 4.78 is 47.2. The molecule has 7 heteroatoms. The zero-order valence-electron chi connectivity index (χ0n) is 6.82. The molecule has 0 saturated carbocycles. The summed E-state index contributed by atoms with van der Waals surface area (Å²) in [6, 6.07) is 7.19. The van der Waals surface area contributed by atoms with E-state index >= 15 is 0 Å². The van der Waals surface area contributed by atoms with Crippen LogP contribution in [0.2, 0.25) is 0 Å². The molecule has 14 heavy (non-hydrogen) atoms. The summed E-state index contributed by atoms with van der Waals surface area (Å²) in [6.45, 7) is 5.09. The monoisotopic (exact) mass is 237 g/mol. The van der Waals surface area contributed by atoms with E-state index in [0.29, 0.717) is 0 Å². The van der Waals surface area contributed by atoms with Crippen molar-refractivity contribution in [1.29, 1.82) is 0 Å². The Bertz CT molecular complexity index is 399. The Morgan fingerprint density at radius 2 is 1.71 bits per heavy atom. The zero-order valence-corrected chi connectivity index (χ0v) is 8.46. The van der Waals surface area contributed by atoms with E-state index in [-0.39, 0.29) is 4.90 Å². The van der Waals surface area contributed by atoms with Crippen LogP contribution >= 0.6 is 10.8 Å². The van der Waals surface area contributed by atoms with E-state index in [0.717, 1.165) is 0 Å². The molecule has 0 amide bonds. The minimum absolute atomic E-state index is 0.0117. The predicted molar refractivity (Wildman–Crippen MR) is 52.3 cm³/mol. The van der Waals surface area contributed by atoms with Crippen LogP contribution < -0.4 is 0 Å². The summed E-state index contributed by atoms with van der Waals surface area (Å²) >= 11 is 0. The van der Waals surface area contributed by atoms with Crippen LogP contribution in [-0.4, -0.2) is 16.4 Å². The van der Waals surface area contributed by atoms with Gasteiger partial charge >= 0.3 is 84.0 Å². The van der Waals surface area contributed by atoms with E-state index in [1.165, 1.54) is 24.3 Å². The van der Waals surface area contributed by atoms with Crippen LogP contribution in [0, 0.1) is 0 Å². The van der Waals surface area contributed by atoms with E-state index in [2.05, 4.69) is 0 Å². The summed E-state index contributed by atoms with van der Waals surface area (Å²) in [6.07, 6.45) is 0. The van der Waals surface area contributed by atoms with Gasteiger partial charge in [0.05, 0.1) is 0 Å². The molecule has 1 aromatic rings. The van der Waals surface area contributed by atoms with Gasteiger partial charge in [0.2, 0.25) is 0 Å². The van der Waals surface area contributed by atoms with E-state index < -0.39 is 24.7 Å². The van der Waals surface area contributed by atoms with E-state index in [1.807, 2.05) is 0 Å². The second kappa shape index (κ2) is 3.98. The van der Waals surface area contributed by atoms with Gasteiger partial charge in [-0.2, -0.15) is 0 Å². The molecule has 0 fully saturated rings. The van der Waals surface area contributed by atoms with Crippen molar-refractivity contribution in [2.45, 2.75) is 10.4 Å². The summed E-state index contributed by atoms with van der Waals surface area (Å²) in [5.41, 5.74) is -4.60. The molecule has 1 radical (unpaired) electrons. The van der Waals surface area contributed by atoms with Gasteiger partial charge in [-0.3, -0.25) is 0 Å². The molecule has 0 aliphatic carbocycles. The fraction of sp³-hybridized carbons (Fsp3) is 0.143. The van der Waals surface area contributed by atoms with Gasteiger partial charge in [-0.1, -0.05) is 0 Å². The van der Waals surface area contributed by atoms with Crippen molar-refractivity contribution in [2.75, 3.05) is 0 Å². The minimum atomic E-state index is -4.60. The number of benzene rings is 1. The van der Waals surface area contributed by atoms with Gasteiger partial charge in [-0.15, -0.1) is 0 Å². The molecule has 1 atom stereocenters. The predicted octanol–water partition coefficient (Wildman–Crippen LogP) is 2.58. The Balaban J connectivity index is 2.99. The quantitative estimate of drug-likeness (QED) is 0.580. The topological polar surface area (TPSA) is 17.1 Å². The summed E-state index contributed by atoms with van der Waals surface area (Å²) in [4.78, 5) is -0.0117. The van der Waals surface area contributed by atoms with Gasteiger partial charge in [0.15, 0.2) is 0 Å². The normalized spacial score (nSPS) is 16.1. The van der Waals surface area contributed by atoms with Gasteiger partial charge < -0.3 is 0 Å². The van der Waals surface area contributed by atoms with Crippen LogP contribution in [0.5, 0.6) is 0 Å². The van der Waals surface area contributed by atoms with Crippen LogP contribution in [0.15, 0.2) is 35.2 Å². The second-order valence-corrected chi connectivity index (χ2v) is 6.56. The van der Waals surface area contributed by atoms with Crippen molar-refractivity contribution < 1.29 is 17.4 Å². The molecule has 1 unspecified atom stereocenters. The number of alkyl halides is 3. The number of hydrogen-bond donors (Lipinski definition) is 0. The maximum absolute atomic E-state index is 11.9. The van der Waals surface area contributed by atoms with Crippen LogP contribution in [0.25, 0.3) is 0 Å². The molecule has 0 N–H and O–H groups in total. The standard InChI is InChI=1S/C7H5BF3OS2/c8-14(12,13-7(9,10)11)6-4-2-1-3-5-6/h1-5H. The first-order valence-electron chi connectivity index (χ1n) is 3.45. The Morgan fingerprint density at radius 1 is 1.21 bits per heavy atom. The van der Waals surface area contributed by atoms with Crippen molar-refractivity contribution in [3.63, 3.8) is 0 Å². The second-order valence-electron chi connectivity index (χ2n) is 2.39. The molecule has 1 aromatic carbocycles. The molecule has 0 aliphatic heterocycles. The molecular formula is C7H5BF3OS2. The van der Waals surface area contributed by atoms with E-state index in [1.54, 1.807) is 6.07 Å². The van der Waals surface area contributed by atoms with Gasteiger partial charge in [0.1, 0.15) is 0 Å². The van der Waals surface area contributed by atoms with Crippen molar-refractivity contribution in [3.8, 4) is 0 Å². The zero-order chi connectivity index (χ0) is 10.8. The third kappa shape index (κ3) is 3.38. The molecule has 0 bridgehead atoms. The Labute approximate surface area is 84.4 Å². The van der Waals surface area contributed by atoms with Gasteiger partial charge in [0.25, 0.3) is 0 Å². The summed E-state index contributed by atoms with van der Waals surface area (Å²) in [5, 5.41) is 0. The molecule has 0 spiro atoms. The number of halogens is 3. The van der Waals surface area contributed by atoms with Crippen molar-refractivity contribution in [2.24, 2.45) is 0 Å². The van der Waals surface area contributed by atoms with Gasteiger partial charge in [-0.05, 0) is 0 Å². The van der Waals surface area contributed by atoms with Crippen molar-refractivity contribution in [3.05, 3.63) is 30.3 Å². The Morgan fingerprint density at radius 3 is 2.14 bits per heavy atom. The fourth-order valence-corrected chi connectivity index (χ4v) is 3.18. The molecule has 1 rings (SSSR count). The number of hydrogen-bond acceptors (Lipinski definition) is 2. The fourth-order valence-electron chi connectivity index (χ4n) is 0.799. The van der Waals surface area contributed by atoms with E-state index in [4.69, 9.17) is 6.72 Å². The third-order valence-corrected chi connectivity index (χ3v) is 4.54. The average molecular weight is 237 g/mol. The van der Waals surface area contributed by atoms with Crippen LogP contribution in [0.1, 0.15) is 0 Å². The van der Waals surface area contributed by atoms with Gasteiger partial charge in [-0.25, -0.2) is 0 Å². The summed E-state index contributed by atoms with van der Waals surface area (Å²) in [5.74, 6) is 0. The maximum atomic E-state index is 11.9. The molecule has 0 aliphatic rings. The third-order valence-electron chi connectivity index (χ3n) is 1.29. The van der Waals surface area contributed by atoms with Gasteiger partial charge in [0, 0.05) is 0 Å². The van der Waals surface area contributed by atoms with Crippen LogP contribution in [0.4, 0.5) is 13.2 Å². The van der Waals surface area contributed by atoms with Crippen molar-refractivity contribution >= 4 is 25.9 Å². The first-order valence-corrected chi connectivity index (χ1v) is 6.41. The SMILES string of the molecule is [B]=S(=O)(SC(F)(F)F)c1ccccc1. The van der Waals surface area contributed by atoms with E-state index in [9.17, 15) is 17.4 Å². The molecule has 0 heterocycles. The van der Waals surface area contributed by atoms with Crippen LogP contribution in [-0.2, 0) is 8.39 Å². The molecule has 1 nitrogen and oxygen atoms in total. The first kappa shape index (κ1) is 11.6. The molecule has 0 saturated heterocycles. The Hall–Kier alpha value is -0.425. The van der Waals surface area contributed by atoms with Crippen LogP contribution in [0.3, 0.4) is 0 Å². The number of rotatable bonds is 2. The molecule has 0 aromatic heterocycles. The molecular weight excluding hydrogens is 232 g/mol. The average Bonchev–Trinajstić information content (AvgIpc) is 2.01. The van der Waals surface area contributed by atoms with Crippen molar-refractivity contribution in [1.82, 2.24) is 0 Å². The Kier molecular flexibility index (Phi) is 3.31.